The number of carboxylic acids is 1. The molecule has 1 amide bonds. The fraction of sp³-hybridized carbons (Fsp3) is 0.300. The van der Waals surface area contributed by atoms with Gasteiger partial charge < -0.3 is 32.5 Å². The number of benzene rings is 1. The van der Waals surface area contributed by atoms with E-state index in [4.69, 9.17) is 22.3 Å². The van der Waals surface area contributed by atoms with Crippen LogP contribution in [0.1, 0.15) is 22.5 Å². The summed E-state index contributed by atoms with van der Waals surface area (Å²) < 4.78 is 27.0. The SMILES string of the molecule is CN(Cc1cnc2nc(N)nc(N)c2n1)c1ccc(C(=O)N[C@H](CC(F)(F)CN)C(=O)O)cc1. The van der Waals surface area contributed by atoms with Crippen LogP contribution in [0, 0.1) is 0 Å². The number of nitrogens with one attached hydrogen (secondary N) is 1. The molecule has 34 heavy (non-hydrogen) atoms. The molecule has 0 saturated heterocycles. The predicted molar refractivity (Wildman–Crippen MR) is 120 cm³/mol. The number of carboxylic acid groups (broad SMARTS) is 1. The van der Waals surface area contributed by atoms with Gasteiger partial charge in [0.2, 0.25) is 5.95 Å². The predicted octanol–water partition coefficient (Wildman–Crippen LogP) is 0.388. The first-order valence-electron chi connectivity index (χ1n) is 9.96. The molecule has 3 rings (SSSR count). The quantitative estimate of drug-likeness (QED) is 0.287. The highest BCUT2D eigenvalue weighted by molar-refractivity contribution is 5.96. The average Bonchev–Trinajstić information content (AvgIpc) is 2.78. The molecular formula is C20H23F2N9O3. The molecule has 12 nitrogen and oxygen atoms in total. The largest absolute Gasteiger partial charge is 0.480 e. The lowest BCUT2D eigenvalue weighted by Gasteiger charge is -2.21. The molecule has 0 unspecified atom stereocenters. The van der Waals surface area contributed by atoms with Crippen molar-refractivity contribution in [3.8, 4) is 0 Å². The van der Waals surface area contributed by atoms with Crippen LogP contribution < -0.4 is 27.4 Å². The zero-order valence-corrected chi connectivity index (χ0v) is 18.1. The lowest BCUT2D eigenvalue weighted by Crippen LogP contribution is -2.46. The summed E-state index contributed by atoms with van der Waals surface area (Å²) in [6.07, 6.45) is 0.413. The van der Waals surface area contributed by atoms with Gasteiger partial charge in [0, 0.05) is 24.7 Å². The lowest BCUT2D eigenvalue weighted by molar-refractivity contribution is -0.141. The Morgan fingerprint density at radius 1 is 1.18 bits per heavy atom. The highest BCUT2D eigenvalue weighted by Gasteiger charge is 2.35. The van der Waals surface area contributed by atoms with Gasteiger partial charge in [-0.05, 0) is 24.3 Å². The van der Waals surface area contributed by atoms with E-state index >= 15 is 0 Å². The molecule has 180 valence electrons. The third kappa shape index (κ3) is 5.78. The summed E-state index contributed by atoms with van der Waals surface area (Å²) in [7, 11) is 1.78. The first kappa shape index (κ1) is 24.4. The molecule has 0 saturated carbocycles. The number of hydrogen-bond donors (Lipinski definition) is 5. The van der Waals surface area contributed by atoms with E-state index in [1.807, 2.05) is 4.90 Å². The number of fused-ring (bicyclic) bond motifs is 1. The number of amides is 1. The van der Waals surface area contributed by atoms with E-state index in [9.17, 15) is 18.4 Å². The molecule has 0 aliphatic carbocycles. The first-order chi connectivity index (χ1) is 16.0. The number of carbonyl (C=O) groups excluding carboxylic acids is 1. The van der Waals surface area contributed by atoms with E-state index in [1.165, 1.54) is 18.3 Å². The molecule has 1 atom stereocenters. The number of nitrogen functional groups attached to an aromatic ring is 2. The number of aromatic nitrogens is 4. The number of halogens is 2. The van der Waals surface area contributed by atoms with Gasteiger partial charge in [-0.1, -0.05) is 0 Å². The fourth-order valence-electron chi connectivity index (χ4n) is 3.08. The molecular weight excluding hydrogens is 452 g/mol. The molecule has 8 N–H and O–H groups in total. The molecule has 0 spiro atoms. The number of rotatable bonds is 9. The summed E-state index contributed by atoms with van der Waals surface area (Å²) in [5, 5.41) is 11.3. The maximum atomic E-state index is 13.5. The minimum atomic E-state index is -3.42. The number of nitrogens with zero attached hydrogens (tertiary/aromatic N) is 5. The highest BCUT2D eigenvalue weighted by Crippen LogP contribution is 2.21. The Balaban J connectivity index is 1.69. The number of nitrogens with two attached hydrogens (primary N) is 3. The van der Waals surface area contributed by atoms with Crippen LogP contribution >= 0.6 is 0 Å². The van der Waals surface area contributed by atoms with Crippen molar-refractivity contribution in [2.45, 2.75) is 24.9 Å². The Bertz CT molecular complexity index is 1210. The van der Waals surface area contributed by atoms with Gasteiger partial charge in [0.25, 0.3) is 11.8 Å². The van der Waals surface area contributed by atoms with Crippen molar-refractivity contribution in [1.29, 1.82) is 0 Å². The Hall–Kier alpha value is -4.20. The number of aliphatic carboxylic acids is 1. The van der Waals surface area contributed by atoms with Gasteiger partial charge in [-0.15, -0.1) is 0 Å². The Labute approximate surface area is 192 Å². The Morgan fingerprint density at radius 2 is 1.85 bits per heavy atom. The lowest BCUT2D eigenvalue weighted by atomic mass is 10.1. The second-order valence-electron chi connectivity index (χ2n) is 7.53. The van der Waals surface area contributed by atoms with Crippen LogP contribution in [0.2, 0.25) is 0 Å². The van der Waals surface area contributed by atoms with E-state index in [1.54, 1.807) is 19.2 Å². The Morgan fingerprint density at radius 3 is 2.47 bits per heavy atom. The van der Waals surface area contributed by atoms with Gasteiger partial charge in [0.15, 0.2) is 17.0 Å². The minimum absolute atomic E-state index is 0.00365. The van der Waals surface area contributed by atoms with E-state index in [-0.39, 0.29) is 23.0 Å². The zero-order valence-electron chi connectivity index (χ0n) is 18.1. The fourth-order valence-corrected chi connectivity index (χ4v) is 3.08. The van der Waals surface area contributed by atoms with Gasteiger partial charge in [-0.2, -0.15) is 9.97 Å². The number of alkyl halides is 2. The van der Waals surface area contributed by atoms with Crippen molar-refractivity contribution in [3.63, 3.8) is 0 Å². The van der Waals surface area contributed by atoms with Crippen LogP contribution in [0.5, 0.6) is 0 Å². The van der Waals surface area contributed by atoms with Crippen LogP contribution in [0.3, 0.4) is 0 Å². The maximum absolute atomic E-state index is 13.5. The second-order valence-corrected chi connectivity index (χ2v) is 7.53. The van der Waals surface area contributed by atoms with Gasteiger partial charge >= 0.3 is 5.97 Å². The molecule has 2 heterocycles. The number of carbonyl (C=O) groups is 2. The van der Waals surface area contributed by atoms with Crippen molar-refractivity contribution in [1.82, 2.24) is 25.3 Å². The van der Waals surface area contributed by atoms with Crippen LogP contribution in [-0.4, -0.2) is 62.5 Å². The van der Waals surface area contributed by atoms with Crippen LogP contribution in [0.25, 0.3) is 11.2 Å². The Kier molecular flexibility index (Phi) is 7.00. The van der Waals surface area contributed by atoms with Crippen LogP contribution in [0.4, 0.5) is 26.2 Å². The maximum Gasteiger partial charge on any atom is 0.326 e. The van der Waals surface area contributed by atoms with Gasteiger partial charge in [0.1, 0.15) is 6.04 Å². The normalized spacial score (nSPS) is 12.4. The molecule has 14 heteroatoms. The average molecular weight is 475 g/mol. The number of hydrogen-bond acceptors (Lipinski definition) is 10. The number of anilines is 3. The standard InChI is InChI=1S/C20H23F2N9O3/c1-31(8-11-7-26-16-14(27-11)15(24)29-19(25)30-16)12-4-2-10(3-5-12)17(32)28-13(18(33)34)6-20(21,22)9-23/h2-5,7,13H,6,8-9,23H2,1H3,(H,28,32)(H,33,34)(H4,24,25,26,29,30)/t13-/m1/s1. The molecule has 2 aromatic heterocycles. The van der Waals surface area contributed by atoms with Crippen LogP contribution in [-0.2, 0) is 11.3 Å². The summed E-state index contributed by atoms with van der Waals surface area (Å²) in [5.74, 6) is -5.69. The molecule has 3 aromatic rings. The van der Waals surface area contributed by atoms with Gasteiger partial charge in [0.05, 0.1) is 25.0 Å². The third-order valence-electron chi connectivity index (χ3n) is 4.88. The molecule has 0 fully saturated rings. The van der Waals surface area contributed by atoms with Crippen molar-refractivity contribution in [2.75, 3.05) is 30.0 Å². The molecule has 1 aromatic carbocycles. The summed E-state index contributed by atoms with van der Waals surface area (Å²) >= 11 is 0. The van der Waals surface area contributed by atoms with Crippen LogP contribution in [0.15, 0.2) is 30.5 Å². The zero-order chi connectivity index (χ0) is 25.0. The topological polar surface area (TPSA) is 199 Å². The van der Waals surface area contributed by atoms with Gasteiger partial charge in [-0.25, -0.2) is 23.5 Å². The highest BCUT2D eigenvalue weighted by atomic mass is 19.3. The van der Waals surface area contributed by atoms with E-state index < -0.39 is 36.8 Å². The molecule has 0 aliphatic rings. The smallest absolute Gasteiger partial charge is 0.326 e. The first-order valence-corrected chi connectivity index (χ1v) is 9.96. The molecule has 0 bridgehead atoms. The van der Waals surface area contributed by atoms with E-state index in [2.05, 4.69) is 25.3 Å². The van der Waals surface area contributed by atoms with Gasteiger partial charge in [-0.3, -0.25) is 4.79 Å². The minimum Gasteiger partial charge on any atom is -0.480 e. The molecule has 0 aliphatic heterocycles. The van der Waals surface area contributed by atoms with E-state index in [0.29, 0.717) is 23.4 Å². The van der Waals surface area contributed by atoms with Crippen molar-refractivity contribution >= 4 is 40.5 Å². The van der Waals surface area contributed by atoms with E-state index in [0.717, 1.165) is 0 Å². The summed E-state index contributed by atoms with van der Waals surface area (Å²) in [5.41, 5.74) is 18.3. The van der Waals surface area contributed by atoms with Crippen molar-refractivity contribution < 1.29 is 23.5 Å². The summed E-state index contributed by atoms with van der Waals surface area (Å²) in [6, 6.07) is 4.34. The second kappa shape index (κ2) is 9.74. The monoisotopic (exact) mass is 475 g/mol. The summed E-state index contributed by atoms with van der Waals surface area (Å²) in [4.78, 5) is 41.9. The summed E-state index contributed by atoms with van der Waals surface area (Å²) in [6.45, 7) is -0.698. The third-order valence-corrected chi connectivity index (χ3v) is 4.88. The molecule has 0 radical (unpaired) electrons. The van der Waals surface area contributed by atoms with Crippen molar-refractivity contribution in [3.05, 3.63) is 41.7 Å². The van der Waals surface area contributed by atoms with Crippen molar-refractivity contribution in [2.24, 2.45) is 5.73 Å².